The predicted octanol–water partition coefficient (Wildman–Crippen LogP) is 1.59. The van der Waals surface area contributed by atoms with Crippen molar-refractivity contribution < 1.29 is 33.0 Å². The third-order valence-electron chi connectivity index (χ3n) is 3.11. The Morgan fingerprint density at radius 2 is 1.77 bits per heavy atom. The van der Waals surface area contributed by atoms with Crippen LogP contribution < -0.4 is 10.6 Å². The van der Waals surface area contributed by atoms with Gasteiger partial charge in [-0.3, -0.25) is 4.99 Å². The molecule has 0 aromatic heterocycles. The van der Waals surface area contributed by atoms with E-state index in [-0.39, 0.29) is 12.1 Å². The number of rotatable bonds is 5. The normalized spacial score (nSPS) is 14.7. The molecule has 142 valence electrons. The summed E-state index contributed by atoms with van der Waals surface area (Å²) < 4.78 is 38.9. The fraction of sp³-hybridized carbons (Fsp3) is 0.312. The van der Waals surface area contributed by atoms with Crippen molar-refractivity contribution in [1.82, 2.24) is 10.6 Å². The number of nitrogens with one attached hydrogen (secondary N) is 2. The third-order valence-corrected chi connectivity index (χ3v) is 3.11. The minimum Gasteiger partial charge on any atom is -0.478 e. The number of alkyl halides is 3. The van der Waals surface area contributed by atoms with Crippen molar-refractivity contribution >= 4 is 17.9 Å². The molecule has 0 aliphatic carbocycles. The van der Waals surface area contributed by atoms with Gasteiger partial charge in [0, 0.05) is 25.2 Å². The monoisotopic (exact) mass is 373 g/mol. The number of carbonyl (C=O) groups is 2. The number of hydrogen-bond acceptors (Lipinski definition) is 5. The first-order valence-corrected chi connectivity index (χ1v) is 7.48. The Kier molecular flexibility index (Phi) is 8.13. The van der Waals surface area contributed by atoms with E-state index in [0.29, 0.717) is 31.2 Å². The van der Waals surface area contributed by atoms with Crippen molar-refractivity contribution in [1.29, 1.82) is 0 Å². The van der Waals surface area contributed by atoms with Crippen molar-refractivity contribution in [2.24, 2.45) is 4.99 Å². The van der Waals surface area contributed by atoms with Crippen LogP contribution in [0, 0.1) is 0 Å². The molecule has 10 heteroatoms. The van der Waals surface area contributed by atoms with Gasteiger partial charge in [0.1, 0.15) is 0 Å². The van der Waals surface area contributed by atoms with Crippen LogP contribution in [-0.4, -0.2) is 53.9 Å². The number of carboxylic acids is 2. The predicted molar refractivity (Wildman–Crippen MR) is 88.0 cm³/mol. The van der Waals surface area contributed by atoms with Crippen LogP contribution in [0.2, 0.25) is 0 Å². The van der Waals surface area contributed by atoms with Gasteiger partial charge in [0.2, 0.25) is 0 Å². The minimum atomic E-state index is -4.27. The van der Waals surface area contributed by atoms with E-state index in [4.69, 9.17) is 10.2 Å². The molecule has 1 unspecified atom stereocenters. The summed E-state index contributed by atoms with van der Waals surface area (Å²) in [6.45, 7) is 1.06. The number of guanidine groups is 1. The van der Waals surface area contributed by atoms with Crippen LogP contribution in [0.3, 0.4) is 0 Å². The molecule has 26 heavy (non-hydrogen) atoms. The first kappa shape index (κ1) is 21.0. The molecule has 2 rings (SSSR count). The lowest BCUT2D eigenvalue weighted by Gasteiger charge is -2.21. The number of hydrogen-bond donors (Lipinski definition) is 4. The van der Waals surface area contributed by atoms with Gasteiger partial charge in [-0.25, -0.2) is 9.59 Å². The van der Waals surface area contributed by atoms with Crippen molar-refractivity contribution in [2.75, 3.05) is 19.6 Å². The summed E-state index contributed by atoms with van der Waals surface area (Å²) in [4.78, 5) is 23.1. The summed E-state index contributed by atoms with van der Waals surface area (Å²) in [5.41, 5.74) is 0.260. The maximum absolute atomic E-state index is 13.0. The zero-order chi connectivity index (χ0) is 19.6. The van der Waals surface area contributed by atoms with E-state index in [2.05, 4.69) is 15.6 Å². The maximum Gasteiger partial charge on any atom is 0.397 e. The second-order valence-corrected chi connectivity index (χ2v) is 5.05. The molecule has 1 heterocycles. The molecule has 0 bridgehead atoms. The van der Waals surface area contributed by atoms with E-state index in [1.54, 1.807) is 18.2 Å². The average molecular weight is 373 g/mol. The van der Waals surface area contributed by atoms with E-state index in [0.717, 1.165) is 0 Å². The van der Waals surface area contributed by atoms with Crippen LogP contribution in [0.25, 0.3) is 0 Å². The van der Waals surface area contributed by atoms with Gasteiger partial charge in [0.05, 0.1) is 12.5 Å². The second-order valence-electron chi connectivity index (χ2n) is 5.05. The number of carboxylic acid groups (broad SMARTS) is 2. The third kappa shape index (κ3) is 8.18. The summed E-state index contributed by atoms with van der Waals surface area (Å²) >= 11 is 0. The van der Waals surface area contributed by atoms with Gasteiger partial charge >= 0.3 is 18.1 Å². The lowest BCUT2D eigenvalue weighted by Crippen LogP contribution is -2.39. The average Bonchev–Trinajstić information content (AvgIpc) is 3.07. The molecule has 0 fully saturated rings. The summed E-state index contributed by atoms with van der Waals surface area (Å²) in [6.07, 6.45) is -3.15. The highest BCUT2D eigenvalue weighted by Crippen LogP contribution is 2.34. The molecule has 1 aliphatic rings. The Balaban J connectivity index is 0.000000359. The highest BCUT2D eigenvalue weighted by Gasteiger charge is 2.40. The zero-order valence-electron chi connectivity index (χ0n) is 13.5. The number of benzene rings is 1. The maximum atomic E-state index is 13.0. The Labute approximate surface area is 147 Å². The second kappa shape index (κ2) is 10.1. The van der Waals surface area contributed by atoms with Gasteiger partial charge < -0.3 is 20.8 Å². The van der Waals surface area contributed by atoms with Crippen LogP contribution >= 0.6 is 0 Å². The van der Waals surface area contributed by atoms with Crippen LogP contribution in [0.5, 0.6) is 0 Å². The zero-order valence-corrected chi connectivity index (χ0v) is 13.5. The molecule has 1 aromatic rings. The van der Waals surface area contributed by atoms with Crippen LogP contribution in [0.4, 0.5) is 13.2 Å². The van der Waals surface area contributed by atoms with Gasteiger partial charge in [-0.1, -0.05) is 30.3 Å². The van der Waals surface area contributed by atoms with E-state index >= 15 is 0 Å². The Morgan fingerprint density at radius 1 is 1.19 bits per heavy atom. The summed E-state index contributed by atoms with van der Waals surface area (Å²) in [5, 5.41) is 21.2. The molecule has 0 saturated carbocycles. The lowest BCUT2D eigenvalue weighted by molar-refractivity contribution is -0.148. The van der Waals surface area contributed by atoms with E-state index in [9.17, 15) is 22.8 Å². The highest BCUT2D eigenvalue weighted by molar-refractivity contribution is 5.89. The quantitative estimate of drug-likeness (QED) is 0.584. The first-order valence-electron chi connectivity index (χ1n) is 7.48. The van der Waals surface area contributed by atoms with Gasteiger partial charge in [-0.05, 0) is 5.56 Å². The van der Waals surface area contributed by atoms with Crippen LogP contribution in [0.1, 0.15) is 11.5 Å². The number of aliphatic carboxylic acids is 2. The smallest absolute Gasteiger partial charge is 0.397 e. The van der Waals surface area contributed by atoms with Crippen molar-refractivity contribution in [3.05, 3.63) is 48.0 Å². The van der Waals surface area contributed by atoms with E-state index in [1.165, 1.54) is 12.1 Å². The molecule has 0 spiro atoms. The van der Waals surface area contributed by atoms with Crippen molar-refractivity contribution in [3.63, 3.8) is 0 Å². The number of nitrogens with zero attached hydrogens (tertiary/aromatic N) is 1. The Bertz CT molecular complexity index is 644. The van der Waals surface area contributed by atoms with E-state index in [1.807, 2.05) is 0 Å². The largest absolute Gasteiger partial charge is 0.478 e. The van der Waals surface area contributed by atoms with Gasteiger partial charge in [-0.15, -0.1) is 0 Å². The SMILES string of the molecule is FC(F)(F)C(CNC1=NCCN1)c1ccccc1.O=C(O)C=CC(=O)O. The van der Waals surface area contributed by atoms with Gasteiger partial charge in [-0.2, -0.15) is 13.2 Å². The fourth-order valence-corrected chi connectivity index (χ4v) is 1.97. The van der Waals surface area contributed by atoms with Gasteiger partial charge in [0.15, 0.2) is 5.96 Å². The lowest BCUT2D eigenvalue weighted by atomic mass is 9.98. The number of halogens is 3. The van der Waals surface area contributed by atoms with Crippen LogP contribution in [-0.2, 0) is 9.59 Å². The Morgan fingerprint density at radius 3 is 2.19 bits per heavy atom. The molecule has 7 nitrogen and oxygen atoms in total. The molecule has 1 aliphatic heterocycles. The molecular weight excluding hydrogens is 355 g/mol. The van der Waals surface area contributed by atoms with Crippen molar-refractivity contribution in [3.8, 4) is 0 Å². The topological polar surface area (TPSA) is 111 Å². The summed E-state index contributed by atoms with van der Waals surface area (Å²) in [5.74, 6) is -3.59. The first-order chi connectivity index (χ1) is 12.2. The molecule has 1 aromatic carbocycles. The molecule has 1 atom stereocenters. The van der Waals surface area contributed by atoms with Crippen molar-refractivity contribution in [2.45, 2.75) is 12.1 Å². The van der Waals surface area contributed by atoms with Crippen LogP contribution in [0.15, 0.2) is 47.5 Å². The fourth-order valence-electron chi connectivity index (χ4n) is 1.97. The summed E-state index contributed by atoms with van der Waals surface area (Å²) in [7, 11) is 0. The number of aliphatic imine (C=N–C) groups is 1. The standard InChI is InChI=1S/C12H14F3N3.C4H4O4/c13-12(14,15)10(9-4-2-1-3-5-9)8-18-11-16-6-7-17-11;5-3(6)1-2-4(7)8/h1-5,10H,6-8H2,(H2,16,17,18);1-2H,(H,5,6)(H,7,8). The molecular formula is C16H18F3N3O4. The van der Waals surface area contributed by atoms with Gasteiger partial charge in [0.25, 0.3) is 0 Å². The molecule has 0 amide bonds. The molecule has 0 radical (unpaired) electrons. The molecule has 4 N–H and O–H groups in total. The van der Waals surface area contributed by atoms with E-state index < -0.39 is 24.0 Å². The summed E-state index contributed by atoms with van der Waals surface area (Å²) in [6, 6.07) is 7.90. The minimum absolute atomic E-state index is 0.209. The highest BCUT2D eigenvalue weighted by atomic mass is 19.4. The molecule has 0 saturated heterocycles. The Hall–Kier alpha value is -3.04.